The van der Waals surface area contributed by atoms with Crippen molar-refractivity contribution in [1.29, 1.82) is 0 Å². The molecule has 0 aliphatic carbocycles. The van der Waals surface area contributed by atoms with Crippen LogP contribution in [-0.4, -0.2) is 17.6 Å². The van der Waals surface area contributed by atoms with E-state index in [1.54, 1.807) is 6.92 Å². The van der Waals surface area contributed by atoms with Crippen LogP contribution >= 0.6 is 0 Å². The normalized spacial score (nSPS) is 8.92. The van der Waals surface area contributed by atoms with Crippen molar-refractivity contribution in [3.8, 4) is 12.3 Å². The van der Waals surface area contributed by atoms with Crippen LogP contribution in [0.1, 0.15) is 5.76 Å². The number of aromatic nitrogens is 1. The van der Waals surface area contributed by atoms with Crippen LogP contribution in [0.4, 0.5) is 10.8 Å². The molecule has 2 amide bonds. The van der Waals surface area contributed by atoms with Crippen LogP contribution in [0, 0.1) is 19.3 Å². The van der Waals surface area contributed by atoms with E-state index in [-0.39, 0.29) is 12.6 Å². The van der Waals surface area contributed by atoms with Gasteiger partial charge in [-0.05, 0) is 6.92 Å². The quantitative estimate of drug-likeness (QED) is 0.658. The summed E-state index contributed by atoms with van der Waals surface area (Å²) in [4.78, 5) is 14.7. The molecule has 0 saturated heterocycles. The zero-order valence-corrected chi connectivity index (χ0v) is 7.13. The van der Waals surface area contributed by atoms with E-state index in [1.807, 2.05) is 0 Å². The van der Waals surface area contributed by atoms with Gasteiger partial charge in [0.2, 0.25) is 0 Å². The van der Waals surface area contributed by atoms with Gasteiger partial charge in [-0.3, -0.25) is 5.32 Å². The van der Waals surface area contributed by atoms with Gasteiger partial charge in [-0.15, -0.1) is 6.42 Å². The van der Waals surface area contributed by atoms with Crippen LogP contribution in [0.25, 0.3) is 0 Å². The zero-order chi connectivity index (χ0) is 9.68. The van der Waals surface area contributed by atoms with Gasteiger partial charge in [0.1, 0.15) is 5.76 Å². The van der Waals surface area contributed by atoms with Gasteiger partial charge in [0, 0.05) is 0 Å². The second kappa shape index (κ2) is 4.16. The Bertz CT molecular complexity index is 337. The van der Waals surface area contributed by atoms with Crippen molar-refractivity contribution in [3.63, 3.8) is 0 Å². The molecule has 0 unspecified atom stereocenters. The van der Waals surface area contributed by atoms with E-state index in [9.17, 15) is 4.79 Å². The van der Waals surface area contributed by atoms with Crippen molar-refractivity contribution < 1.29 is 9.21 Å². The molecular formula is C8H9N3O2. The first-order valence-electron chi connectivity index (χ1n) is 3.63. The van der Waals surface area contributed by atoms with Gasteiger partial charge in [-0.2, -0.15) is 0 Å². The average molecular weight is 179 g/mol. The molecule has 13 heavy (non-hydrogen) atoms. The summed E-state index contributed by atoms with van der Waals surface area (Å²) in [5.41, 5.74) is 0. The number of nitrogens with zero attached hydrogens (tertiary/aromatic N) is 1. The van der Waals surface area contributed by atoms with Crippen LogP contribution in [0.3, 0.4) is 0 Å². The summed E-state index contributed by atoms with van der Waals surface area (Å²) in [5, 5.41) is 4.78. The molecule has 0 atom stereocenters. The zero-order valence-electron chi connectivity index (χ0n) is 7.13. The first kappa shape index (κ1) is 9.13. The molecule has 68 valence electrons. The highest BCUT2D eigenvalue weighted by molar-refractivity contribution is 5.87. The second-order valence-electron chi connectivity index (χ2n) is 2.29. The molecule has 1 rings (SSSR count). The van der Waals surface area contributed by atoms with Crippen molar-refractivity contribution in [1.82, 2.24) is 10.3 Å². The van der Waals surface area contributed by atoms with Gasteiger partial charge in [0.25, 0.3) is 0 Å². The molecule has 0 aliphatic heterocycles. The van der Waals surface area contributed by atoms with E-state index in [0.717, 1.165) is 0 Å². The molecule has 0 aliphatic rings. The number of hydrogen-bond donors (Lipinski definition) is 2. The molecule has 1 heterocycles. The number of anilines is 1. The number of aryl methyl sites for hydroxylation is 1. The van der Waals surface area contributed by atoms with Gasteiger partial charge < -0.3 is 9.73 Å². The Morgan fingerprint density at radius 2 is 2.62 bits per heavy atom. The third kappa shape index (κ3) is 2.87. The largest absolute Gasteiger partial charge is 0.429 e. The molecule has 1 aromatic rings. The number of carbonyl (C=O) groups is 1. The van der Waals surface area contributed by atoms with E-state index in [1.165, 1.54) is 6.20 Å². The standard InChI is InChI=1S/C8H9N3O2/c1-3-4-9-7(12)11-8-10-5-6(2)13-8/h1,5H,4H2,2H3,(H2,9,10,11,12). The summed E-state index contributed by atoms with van der Waals surface area (Å²) >= 11 is 0. The number of rotatable bonds is 2. The Morgan fingerprint density at radius 3 is 3.15 bits per heavy atom. The van der Waals surface area contributed by atoms with Gasteiger partial charge in [-0.25, -0.2) is 9.78 Å². The van der Waals surface area contributed by atoms with Crippen molar-refractivity contribution in [2.75, 3.05) is 11.9 Å². The maximum Gasteiger partial charge on any atom is 0.323 e. The molecule has 0 spiro atoms. The molecule has 0 fully saturated rings. The number of carbonyl (C=O) groups excluding carboxylic acids is 1. The van der Waals surface area contributed by atoms with Crippen LogP contribution in [0.15, 0.2) is 10.6 Å². The Morgan fingerprint density at radius 1 is 1.85 bits per heavy atom. The summed E-state index contributed by atoms with van der Waals surface area (Å²) in [6.45, 7) is 1.91. The molecule has 0 bridgehead atoms. The predicted octanol–water partition coefficient (Wildman–Crippen LogP) is 0.738. The fourth-order valence-corrected chi connectivity index (χ4v) is 0.685. The lowest BCUT2D eigenvalue weighted by molar-refractivity contribution is 0.252. The monoisotopic (exact) mass is 179 g/mol. The van der Waals surface area contributed by atoms with Crippen molar-refractivity contribution in [2.45, 2.75) is 6.92 Å². The second-order valence-corrected chi connectivity index (χ2v) is 2.29. The highest BCUT2D eigenvalue weighted by Crippen LogP contribution is 2.05. The minimum absolute atomic E-state index is 0.159. The fourth-order valence-electron chi connectivity index (χ4n) is 0.685. The minimum atomic E-state index is -0.431. The lowest BCUT2D eigenvalue weighted by Gasteiger charge is -1.99. The molecule has 0 saturated carbocycles. The summed E-state index contributed by atoms with van der Waals surface area (Å²) in [5.74, 6) is 2.90. The highest BCUT2D eigenvalue weighted by Gasteiger charge is 2.04. The average Bonchev–Trinajstić information content (AvgIpc) is 2.48. The van der Waals surface area contributed by atoms with Crippen LogP contribution in [-0.2, 0) is 0 Å². The number of hydrogen-bond acceptors (Lipinski definition) is 3. The number of oxazole rings is 1. The molecule has 2 N–H and O–H groups in total. The van der Waals surface area contributed by atoms with Crippen molar-refractivity contribution >= 4 is 12.0 Å². The molecule has 0 radical (unpaired) electrons. The first-order valence-corrected chi connectivity index (χ1v) is 3.63. The lowest BCUT2D eigenvalue weighted by Crippen LogP contribution is -2.28. The Balaban J connectivity index is 2.41. The van der Waals surface area contributed by atoms with Crippen LogP contribution in [0.5, 0.6) is 0 Å². The maximum absolute atomic E-state index is 11.0. The first-order chi connectivity index (χ1) is 6.22. The van der Waals surface area contributed by atoms with Crippen molar-refractivity contribution in [3.05, 3.63) is 12.0 Å². The minimum Gasteiger partial charge on any atom is -0.429 e. The van der Waals surface area contributed by atoms with Crippen LogP contribution < -0.4 is 10.6 Å². The predicted molar refractivity (Wildman–Crippen MR) is 47.1 cm³/mol. The SMILES string of the molecule is C#CCNC(=O)Nc1ncc(C)o1. The Labute approximate surface area is 75.5 Å². The van der Waals surface area contributed by atoms with E-state index >= 15 is 0 Å². The van der Waals surface area contributed by atoms with E-state index in [0.29, 0.717) is 5.76 Å². The molecule has 1 aromatic heterocycles. The van der Waals surface area contributed by atoms with Crippen molar-refractivity contribution in [2.24, 2.45) is 0 Å². The summed E-state index contributed by atoms with van der Waals surface area (Å²) in [6, 6.07) is -0.271. The molecule has 5 nitrogen and oxygen atoms in total. The van der Waals surface area contributed by atoms with Gasteiger partial charge in [0.15, 0.2) is 0 Å². The smallest absolute Gasteiger partial charge is 0.323 e. The molecule has 5 heteroatoms. The van der Waals surface area contributed by atoms with Gasteiger partial charge in [0.05, 0.1) is 12.7 Å². The highest BCUT2D eigenvalue weighted by atomic mass is 16.4. The van der Waals surface area contributed by atoms with Gasteiger partial charge in [-0.1, -0.05) is 5.92 Å². The van der Waals surface area contributed by atoms with Gasteiger partial charge >= 0.3 is 12.0 Å². The fraction of sp³-hybridized carbons (Fsp3) is 0.250. The Kier molecular flexibility index (Phi) is 2.92. The van der Waals surface area contributed by atoms with E-state index in [2.05, 4.69) is 21.5 Å². The topological polar surface area (TPSA) is 67.2 Å². The van der Waals surface area contributed by atoms with E-state index in [4.69, 9.17) is 10.8 Å². The number of nitrogens with one attached hydrogen (secondary N) is 2. The Hall–Kier alpha value is -1.96. The summed E-state index contributed by atoms with van der Waals surface area (Å²) < 4.78 is 5.00. The summed E-state index contributed by atoms with van der Waals surface area (Å²) in [7, 11) is 0. The number of urea groups is 1. The lowest BCUT2D eigenvalue weighted by atomic mass is 10.6. The number of amides is 2. The third-order valence-corrected chi connectivity index (χ3v) is 1.19. The number of terminal acetylenes is 1. The van der Waals surface area contributed by atoms with Crippen LogP contribution in [0.2, 0.25) is 0 Å². The van der Waals surface area contributed by atoms with E-state index < -0.39 is 6.03 Å². The molecular weight excluding hydrogens is 170 g/mol. The third-order valence-electron chi connectivity index (χ3n) is 1.19. The summed E-state index contributed by atoms with van der Waals surface area (Å²) in [6.07, 6.45) is 6.45. The molecule has 0 aromatic carbocycles. The maximum atomic E-state index is 11.0.